The van der Waals surface area contributed by atoms with Gasteiger partial charge in [0.25, 0.3) is 0 Å². The normalized spacial score (nSPS) is 10.7. The molecular formula is C16H11Cl3N4OS. The highest BCUT2D eigenvalue weighted by Gasteiger charge is 2.12. The zero-order valence-electron chi connectivity index (χ0n) is 12.6. The van der Waals surface area contributed by atoms with Gasteiger partial charge in [-0.05, 0) is 36.4 Å². The van der Waals surface area contributed by atoms with Crippen LogP contribution in [-0.2, 0) is 4.79 Å². The molecule has 0 bridgehead atoms. The highest BCUT2D eigenvalue weighted by molar-refractivity contribution is 7.99. The van der Waals surface area contributed by atoms with Gasteiger partial charge in [0, 0.05) is 21.3 Å². The Hall–Kier alpha value is -1.73. The molecule has 0 aliphatic rings. The van der Waals surface area contributed by atoms with Crippen molar-refractivity contribution in [3.8, 4) is 11.4 Å². The number of hydrogen-bond acceptors (Lipinski definition) is 4. The third kappa shape index (κ3) is 4.89. The molecule has 2 N–H and O–H groups in total. The van der Waals surface area contributed by atoms with Crippen LogP contribution in [0.25, 0.3) is 11.4 Å². The van der Waals surface area contributed by atoms with Gasteiger partial charge in [-0.25, -0.2) is 4.98 Å². The summed E-state index contributed by atoms with van der Waals surface area (Å²) >= 11 is 19.1. The van der Waals surface area contributed by atoms with Crippen LogP contribution in [0.15, 0.2) is 47.6 Å². The number of nitrogens with zero attached hydrogens (tertiary/aromatic N) is 2. The summed E-state index contributed by atoms with van der Waals surface area (Å²) in [5.74, 6) is 0.501. The van der Waals surface area contributed by atoms with Crippen LogP contribution in [0.3, 0.4) is 0 Å². The first kappa shape index (κ1) is 18.1. The molecule has 1 aromatic heterocycles. The minimum Gasteiger partial charge on any atom is -0.325 e. The zero-order valence-corrected chi connectivity index (χ0v) is 15.7. The highest BCUT2D eigenvalue weighted by Crippen LogP contribution is 2.29. The number of aromatic nitrogens is 3. The number of amides is 1. The minimum absolute atomic E-state index is 0.165. The Bertz CT molecular complexity index is 916. The summed E-state index contributed by atoms with van der Waals surface area (Å²) in [7, 11) is 0. The Labute approximate surface area is 163 Å². The van der Waals surface area contributed by atoms with Crippen molar-refractivity contribution < 1.29 is 4.79 Å². The maximum atomic E-state index is 12.0. The van der Waals surface area contributed by atoms with Crippen LogP contribution in [-0.4, -0.2) is 26.8 Å². The van der Waals surface area contributed by atoms with Gasteiger partial charge in [0.05, 0.1) is 10.8 Å². The van der Waals surface area contributed by atoms with E-state index in [1.165, 1.54) is 11.8 Å². The van der Waals surface area contributed by atoms with Gasteiger partial charge in [-0.2, -0.15) is 0 Å². The summed E-state index contributed by atoms with van der Waals surface area (Å²) in [5.41, 5.74) is 1.33. The van der Waals surface area contributed by atoms with Crippen molar-refractivity contribution in [2.75, 3.05) is 11.1 Å². The second kappa shape index (κ2) is 8.10. The third-order valence-corrected chi connectivity index (χ3v) is 4.72. The fraction of sp³-hybridized carbons (Fsp3) is 0.0625. The molecule has 5 nitrogen and oxygen atoms in total. The van der Waals surface area contributed by atoms with Crippen LogP contribution >= 0.6 is 46.6 Å². The van der Waals surface area contributed by atoms with Gasteiger partial charge in [-0.15, -0.1) is 5.10 Å². The first-order valence-electron chi connectivity index (χ1n) is 7.07. The molecule has 0 aliphatic heterocycles. The molecule has 0 radical (unpaired) electrons. The van der Waals surface area contributed by atoms with Gasteiger partial charge in [-0.3, -0.25) is 9.89 Å². The number of carbonyl (C=O) groups is 1. The maximum Gasteiger partial charge on any atom is 0.234 e. The Morgan fingerprint density at radius 3 is 2.68 bits per heavy atom. The van der Waals surface area contributed by atoms with E-state index in [0.29, 0.717) is 37.3 Å². The van der Waals surface area contributed by atoms with Crippen molar-refractivity contribution >= 4 is 58.2 Å². The predicted octanol–water partition coefficient (Wildman–Crippen LogP) is 5.16. The van der Waals surface area contributed by atoms with Crippen LogP contribution in [0.5, 0.6) is 0 Å². The smallest absolute Gasteiger partial charge is 0.234 e. The Kier molecular flexibility index (Phi) is 5.86. The molecule has 0 spiro atoms. The summed E-state index contributed by atoms with van der Waals surface area (Å²) in [6.07, 6.45) is 0. The van der Waals surface area contributed by atoms with E-state index < -0.39 is 0 Å². The van der Waals surface area contributed by atoms with Crippen molar-refractivity contribution in [3.05, 3.63) is 57.5 Å². The first-order chi connectivity index (χ1) is 12.0. The number of carbonyl (C=O) groups excluding carboxylic acids is 1. The van der Waals surface area contributed by atoms with Crippen molar-refractivity contribution in [3.63, 3.8) is 0 Å². The largest absolute Gasteiger partial charge is 0.325 e. The minimum atomic E-state index is -0.178. The molecule has 0 saturated heterocycles. The van der Waals surface area contributed by atoms with E-state index >= 15 is 0 Å². The molecule has 128 valence electrons. The fourth-order valence-electron chi connectivity index (χ4n) is 2.01. The quantitative estimate of drug-likeness (QED) is 0.567. The molecule has 1 amide bonds. The lowest BCUT2D eigenvalue weighted by Crippen LogP contribution is -2.14. The summed E-state index contributed by atoms with van der Waals surface area (Å²) in [4.78, 5) is 16.3. The average Bonchev–Trinajstić information content (AvgIpc) is 3.01. The van der Waals surface area contributed by atoms with E-state index in [1.54, 1.807) is 42.5 Å². The number of aromatic amines is 1. The van der Waals surface area contributed by atoms with E-state index in [0.717, 1.165) is 0 Å². The molecule has 2 aromatic carbocycles. The summed E-state index contributed by atoms with van der Waals surface area (Å²) in [6.45, 7) is 0. The van der Waals surface area contributed by atoms with Gasteiger partial charge in [0.15, 0.2) is 5.82 Å². The van der Waals surface area contributed by atoms with E-state index in [9.17, 15) is 4.79 Å². The topological polar surface area (TPSA) is 70.7 Å². The molecule has 0 unspecified atom stereocenters. The number of halogens is 3. The molecule has 0 saturated carbocycles. The molecule has 3 rings (SSSR count). The molecule has 0 aliphatic carbocycles. The highest BCUT2D eigenvalue weighted by atomic mass is 35.5. The molecule has 25 heavy (non-hydrogen) atoms. The van der Waals surface area contributed by atoms with Crippen molar-refractivity contribution in [2.24, 2.45) is 0 Å². The van der Waals surface area contributed by atoms with Gasteiger partial charge in [0.2, 0.25) is 11.1 Å². The van der Waals surface area contributed by atoms with Crippen LogP contribution in [0.4, 0.5) is 5.69 Å². The molecule has 9 heteroatoms. The van der Waals surface area contributed by atoms with Gasteiger partial charge < -0.3 is 5.32 Å². The second-order valence-corrected chi connectivity index (χ2v) is 7.16. The van der Waals surface area contributed by atoms with Gasteiger partial charge >= 0.3 is 0 Å². The van der Waals surface area contributed by atoms with E-state index in [-0.39, 0.29) is 11.7 Å². The van der Waals surface area contributed by atoms with Crippen LogP contribution < -0.4 is 5.32 Å². The number of hydrogen-bond donors (Lipinski definition) is 2. The first-order valence-corrected chi connectivity index (χ1v) is 9.19. The van der Waals surface area contributed by atoms with Crippen molar-refractivity contribution in [1.82, 2.24) is 15.2 Å². The maximum absolute atomic E-state index is 12.0. The number of rotatable bonds is 5. The number of benzene rings is 2. The molecule has 3 aromatic rings. The fourth-order valence-corrected chi connectivity index (χ4v) is 3.29. The Morgan fingerprint density at radius 2 is 1.92 bits per heavy atom. The third-order valence-electron chi connectivity index (χ3n) is 3.09. The van der Waals surface area contributed by atoms with Gasteiger partial charge in [-0.1, -0.05) is 52.6 Å². The molecule has 0 fully saturated rings. The van der Waals surface area contributed by atoms with Crippen LogP contribution in [0.2, 0.25) is 15.1 Å². The van der Waals surface area contributed by atoms with Crippen LogP contribution in [0, 0.1) is 0 Å². The number of H-pyrrole nitrogens is 1. The lowest BCUT2D eigenvalue weighted by molar-refractivity contribution is -0.113. The summed E-state index contributed by atoms with van der Waals surface area (Å²) < 4.78 is 0. The van der Waals surface area contributed by atoms with E-state index in [2.05, 4.69) is 20.5 Å². The molecule has 0 atom stereocenters. The summed E-state index contributed by atoms with van der Waals surface area (Å²) in [6, 6.07) is 12.1. The number of thioether (sulfide) groups is 1. The lowest BCUT2D eigenvalue weighted by Gasteiger charge is -2.04. The number of anilines is 1. The predicted molar refractivity (Wildman–Crippen MR) is 103 cm³/mol. The van der Waals surface area contributed by atoms with Crippen molar-refractivity contribution in [1.29, 1.82) is 0 Å². The monoisotopic (exact) mass is 412 g/mol. The van der Waals surface area contributed by atoms with E-state index in [1.807, 2.05) is 0 Å². The van der Waals surface area contributed by atoms with Gasteiger partial charge in [0.1, 0.15) is 0 Å². The van der Waals surface area contributed by atoms with Crippen molar-refractivity contribution in [2.45, 2.75) is 5.16 Å². The lowest BCUT2D eigenvalue weighted by atomic mass is 10.2. The average molecular weight is 414 g/mol. The number of nitrogens with one attached hydrogen (secondary N) is 2. The van der Waals surface area contributed by atoms with E-state index in [4.69, 9.17) is 34.8 Å². The SMILES string of the molecule is O=C(CSc1n[nH]c(-c2ccc(Cl)cc2Cl)n1)Nc1cccc(Cl)c1. The zero-order chi connectivity index (χ0) is 17.8. The Balaban J connectivity index is 1.61. The standard InChI is InChI=1S/C16H11Cl3N4OS/c17-9-2-1-3-11(6-9)20-14(24)8-25-16-21-15(22-23-16)12-5-4-10(18)7-13(12)19/h1-7H,8H2,(H,20,24)(H,21,22,23). The molecule has 1 heterocycles. The Morgan fingerprint density at radius 1 is 1.12 bits per heavy atom. The second-order valence-electron chi connectivity index (χ2n) is 4.94. The molecular weight excluding hydrogens is 403 g/mol. The van der Waals surface area contributed by atoms with Crippen LogP contribution in [0.1, 0.15) is 0 Å². The summed E-state index contributed by atoms with van der Waals surface area (Å²) in [5, 5.41) is 11.7.